The molecular weight excluding hydrogens is 343 g/mol. The molecule has 1 saturated heterocycles. The summed E-state index contributed by atoms with van der Waals surface area (Å²) in [5, 5.41) is 10.8. The molecule has 0 unspecified atom stereocenters. The van der Waals surface area contributed by atoms with Gasteiger partial charge in [0.25, 0.3) is 0 Å². The average molecular weight is 364 g/mol. The maximum atomic E-state index is 10.0. The van der Waals surface area contributed by atoms with Crippen molar-refractivity contribution in [3.8, 4) is 5.75 Å². The molecule has 0 spiro atoms. The maximum absolute atomic E-state index is 10.0. The van der Waals surface area contributed by atoms with Crippen LogP contribution in [0.1, 0.15) is 30.0 Å². The Labute approximate surface area is 152 Å². The summed E-state index contributed by atoms with van der Waals surface area (Å²) in [6.07, 6.45) is 4.21. The molecule has 126 valence electrons. The predicted molar refractivity (Wildman–Crippen MR) is 99.7 cm³/mol. The molecule has 1 fully saturated rings. The first-order valence-corrected chi connectivity index (χ1v) is 8.98. The number of aromatic hydroxyl groups is 1. The zero-order valence-electron chi connectivity index (χ0n) is 13.4. The monoisotopic (exact) mass is 363 g/mol. The van der Waals surface area contributed by atoms with Gasteiger partial charge in [0.2, 0.25) is 0 Å². The lowest BCUT2D eigenvalue weighted by Crippen LogP contribution is -3.10. The normalized spacial score (nSPS) is 16.8. The van der Waals surface area contributed by atoms with E-state index in [1.807, 2.05) is 6.07 Å². The Bertz CT molecular complexity index is 713. The number of aliphatic imine (C=N–C) groups is 1. The minimum Gasteiger partial charge on any atom is -0.506 e. The van der Waals surface area contributed by atoms with Crippen LogP contribution in [-0.2, 0) is 0 Å². The fourth-order valence-electron chi connectivity index (χ4n) is 3.27. The Morgan fingerprint density at radius 2 is 1.83 bits per heavy atom. The molecule has 5 heteroatoms. The number of rotatable bonds is 5. The summed E-state index contributed by atoms with van der Waals surface area (Å²) in [5.41, 5.74) is 1.86. The van der Waals surface area contributed by atoms with Gasteiger partial charge in [-0.2, -0.15) is 0 Å². The van der Waals surface area contributed by atoms with Gasteiger partial charge >= 0.3 is 0 Å². The highest BCUT2D eigenvalue weighted by Crippen LogP contribution is 2.30. The van der Waals surface area contributed by atoms with Crippen LogP contribution in [0.3, 0.4) is 0 Å². The molecular formula is C19H21Cl2N2O+. The lowest BCUT2D eigenvalue weighted by molar-refractivity contribution is -0.918. The molecule has 24 heavy (non-hydrogen) atoms. The molecule has 0 saturated carbocycles. The van der Waals surface area contributed by atoms with Crippen molar-refractivity contribution in [1.29, 1.82) is 0 Å². The number of phenols is 1. The van der Waals surface area contributed by atoms with Crippen molar-refractivity contribution in [3.63, 3.8) is 0 Å². The predicted octanol–water partition coefficient (Wildman–Crippen LogP) is 3.54. The third-order valence-corrected chi connectivity index (χ3v) is 5.02. The Hall–Kier alpha value is -1.55. The van der Waals surface area contributed by atoms with E-state index >= 15 is 0 Å². The van der Waals surface area contributed by atoms with E-state index in [-0.39, 0.29) is 10.8 Å². The van der Waals surface area contributed by atoms with E-state index in [1.54, 1.807) is 17.2 Å². The number of nitrogens with one attached hydrogen (secondary N) is 1. The second-order valence-corrected chi connectivity index (χ2v) is 6.99. The van der Waals surface area contributed by atoms with E-state index < -0.39 is 0 Å². The van der Waals surface area contributed by atoms with Gasteiger partial charge in [0.15, 0.2) is 0 Å². The van der Waals surface area contributed by atoms with Gasteiger partial charge in [-0.1, -0.05) is 53.5 Å². The second kappa shape index (κ2) is 8.02. The molecule has 3 rings (SSSR count). The van der Waals surface area contributed by atoms with Crippen molar-refractivity contribution >= 4 is 29.4 Å². The van der Waals surface area contributed by atoms with Crippen LogP contribution in [0.4, 0.5) is 0 Å². The van der Waals surface area contributed by atoms with Crippen molar-refractivity contribution in [1.82, 2.24) is 0 Å². The Morgan fingerprint density at radius 1 is 1.12 bits per heavy atom. The molecule has 0 radical (unpaired) electrons. The van der Waals surface area contributed by atoms with Crippen LogP contribution in [0.15, 0.2) is 47.5 Å². The summed E-state index contributed by atoms with van der Waals surface area (Å²) in [5.74, 6) is 0.0228. The number of nitrogens with zero attached hydrogens (tertiary/aromatic N) is 1. The largest absolute Gasteiger partial charge is 0.506 e. The van der Waals surface area contributed by atoms with Gasteiger partial charge in [0.05, 0.1) is 24.7 Å². The zero-order chi connectivity index (χ0) is 16.9. The van der Waals surface area contributed by atoms with Gasteiger partial charge in [-0.05, 0) is 12.1 Å². The van der Waals surface area contributed by atoms with Crippen molar-refractivity contribution in [2.24, 2.45) is 4.99 Å². The number of benzene rings is 2. The molecule has 2 aromatic carbocycles. The summed E-state index contributed by atoms with van der Waals surface area (Å²) in [7, 11) is 0. The SMILES string of the molecule is Oc1c(Cl)cc(Cl)cc1C=NC[C@H](c1ccccc1)[NH+]1CCCC1. The van der Waals surface area contributed by atoms with Crippen LogP contribution in [0.5, 0.6) is 5.75 Å². The Kier molecular flexibility index (Phi) is 5.77. The van der Waals surface area contributed by atoms with E-state index in [1.165, 1.54) is 37.6 Å². The molecule has 1 heterocycles. The highest BCUT2D eigenvalue weighted by molar-refractivity contribution is 6.36. The number of halogens is 2. The fraction of sp³-hybridized carbons (Fsp3) is 0.316. The number of phenolic OH excluding ortho intramolecular Hbond substituents is 1. The standard InChI is InChI=1S/C19H20Cl2N2O/c20-16-10-15(19(24)17(21)11-16)12-22-13-18(23-8-4-5-9-23)14-6-2-1-3-7-14/h1-3,6-7,10-12,18,24H,4-5,8-9,13H2/p+1/t18-/m1/s1. The zero-order valence-corrected chi connectivity index (χ0v) is 14.9. The number of hydrogen-bond acceptors (Lipinski definition) is 2. The van der Waals surface area contributed by atoms with Crippen LogP contribution in [0.25, 0.3) is 0 Å². The second-order valence-electron chi connectivity index (χ2n) is 6.15. The van der Waals surface area contributed by atoms with Crippen LogP contribution < -0.4 is 4.90 Å². The average Bonchev–Trinajstić information content (AvgIpc) is 3.11. The number of quaternary nitrogens is 1. The Morgan fingerprint density at radius 3 is 2.54 bits per heavy atom. The first-order valence-electron chi connectivity index (χ1n) is 8.22. The minimum absolute atomic E-state index is 0.0228. The molecule has 0 bridgehead atoms. The molecule has 0 aromatic heterocycles. The van der Waals surface area contributed by atoms with E-state index in [9.17, 15) is 5.11 Å². The quantitative estimate of drug-likeness (QED) is 0.783. The summed E-state index contributed by atoms with van der Waals surface area (Å²) >= 11 is 12.0. The highest BCUT2D eigenvalue weighted by Gasteiger charge is 2.26. The van der Waals surface area contributed by atoms with E-state index in [4.69, 9.17) is 23.2 Å². The lowest BCUT2D eigenvalue weighted by atomic mass is 10.1. The van der Waals surface area contributed by atoms with Gasteiger partial charge in [-0.3, -0.25) is 4.99 Å². The van der Waals surface area contributed by atoms with Gasteiger partial charge in [-0.25, -0.2) is 0 Å². The molecule has 1 atom stereocenters. The minimum atomic E-state index is 0.0228. The van der Waals surface area contributed by atoms with Gasteiger partial charge < -0.3 is 10.0 Å². The highest BCUT2D eigenvalue weighted by atomic mass is 35.5. The van der Waals surface area contributed by atoms with Crippen molar-refractivity contribution in [3.05, 3.63) is 63.6 Å². The van der Waals surface area contributed by atoms with Crippen LogP contribution in [0, 0.1) is 0 Å². The smallest absolute Gasteiger partial charge is 0.143 e. The number of likely N-dealkylation sites (tertiary alicyclic amines) is 1. The first-order chi connectivity index (χ1) is 11.6. The molecule has 0 amide bonds. The van der Waals surface area contributed by atoms with Gasteiger partial charge in [-0.15, -0.1) is 0 Å². The summed E-state index contributed by atoms with van der Waals surface area (Å²) < 4.78 is 0. The molecule has 0 aliphatic carbocycles. The third-order valence-electron chi connectivity index (χ3n) is 4.52. The lowest BCUT2D eigenvalue weighted by Gasteiger charge is -2.23. The molecule has 1 aliphatic rings. The van der Waals surface area contributed by atoms with E-state index in [0.29, 0.717) is 23.2 Å². The van der Waals surface area contributed by atoms with Crippen LogP contribution in [-0.4, -0.2) is 31.0 Å². The molecule has 2 N–H and O–H groups in total. The Balaban J connectivity index is 1.78. The summed E-state index contributed by atoms with van der Waals surface area (Å²) in [6.45, 7) is 3.04. The summed E-state index contributed by atoms with van der Waals surface area (Å²) in [4.78, 5) is 6.16. The maximum Gasteiger partial charge on any atom is 0.143 e. The van der Waals surface area contributed by atoms with Crippen molar-refractivity contribution < 1.29 is 10.0 Å². The summed E-state index contributed by atoms with van der Waals surface area (Å²) in [6, 6.07) is 14.0. The first kappa shape index (κ1) is 17.3. The fourth-order valence-corrected chi connectivity index (χ4v) is 3.78. The van der Waals surface area contributed by atoms with Gasteiger partial charge in [0.1, 0.15) is 11.8 Å². The van der Waals surface area contributed by atoms with Crippen molar-refractivity contribution in [2.75, 3.05) is 19.6 Å². The van der Waals surface area contributed by atoms with E-state index in [2.05, 4.69) is 29.3 Å². The molecule has 2 aromatic rings. The molecule has 1 aliphatic heterocycles. The van der Waals surface area contributed by atoms with Gasteiger partial charge in [0, 0.05) is 35.2 Å². The molecule has 3 nitrogen and oxygen atoms in total. The topological polar surface area (TPSA) is 37.0 Å². The van der Waals surface area contributed by atoms with Crippen LogP contribution >= 0.6 is 23.2 Å². The van der Waals surface area contributed by atoms with Crippen LogP contribution in [0.2, 0.25) is 10.0 Å². The third kappa shape index (κ3) is 4.10. The van der Waals surface area contributed by atoms with E-state index in [0.717, 1.165) is 0 Å². The number of hydrogen-bond donors (Lipinski definition) is 2. The van der Waals surface area contributed by atoms with Crippen molar-refractivity contribution in [2.45, 2.75) is 18.9 Å².